The minimum atomic E-state index is -0.520. The van der Waals surface area contributed by atoms with Crippen LogP contribution in [0.4, 0.5) is 9.18 Å². The average Bonchev–Trinajstić information content (AvgIpc) is 2.99. The van der Waals surface area contributed by atoms with Crippen molar-refractivity contribution < 1.29 is 18.8 Å². The van der Waals surface area contributed by atoms with Crippen LogP contribution in [0, 0.1) is 11.7 Å². The molecule has 3 rings (SSSR count). The Hall–Kier alpha value is -2.64. The number of piperidine rings is 1. The summed E-state index contributed by atoms with van der Waals surface area (Å²) in [7, 11) is 3.45. The van der Waals surface area contributed by atoms with E-state index < -0.39 is 5.82 Å². The Morgan fingerprint density at radius 3 is 2.17 bits per heavy atom. The van der Waals surface area contributed by atoms with Crippen LogP contribution in [0.15, 0.2) is 24.3 Å². The van der Waals surface area contributed by atoms with Crippen molar-refractivity contribution in [3.05, 3.63) is 35.6 Å². The molecule has 4 amide bonds. The van der Waals surface area contributed by atoms with Crippen molar-refractivity contribution in [2.24, 2.45) is 5.92 Å². The zero-order chi connectivity index (χ0) is 21.0. The van der Waals surface area contributed by atoms with Crippen LogP contribution in [0.2, 0.25) is 0 Å². The lowest BCUT2D eigenvalue weighted by atomic mass is 9.95. The number of amides is 4. The molecule has 0 aliphatic carbocycles. The van der Waals surface area contributed by atoms with Crippen LogP contribution in [-0.4, -0.2) is 90.8 Å². The molecule has 0 aromatic heterocycles. The van der Waals surface area contributed by atoms with Crippen molar-refractivity contribution >= 4 is 17.8 Å². The molecule has 0 saturated carbocycles. The van der Waals surface area contributed by atoms with Gasteiger partial charge in [0.1, 0.15) is 5.82 Å². The van der Waals surface area contributed by atoms with Gasteiger partial charge in [0.2, 0.25) is 5.91 Å². The van der Waals surface area contributed by atoms with E-state index in [4.69, 9.17) is 0 Å². The molecule has 1 aromatic rings. The van der Waals surface area contributed by atoms with Crippen molar-refractivity contribution in [1.29, 1.82) is 0 Å². The second-order valence-corrected chi connectivity index (χ2v) is 7.89. The van der Waals surface area contributed by atoms with E-state index in [0.717, 1.165) is 0 Å². The van der Waals surface area contributed by atoms with E-state index in [1.165, 1.54) is 12.1 Å². The van der Waals surface area contributed by atoms with E-state index in [-0.39, 0.29) is 29.3 Å². The predicted molar refractivity (Wildman–Crippen MR) is 107 cm³/mol. The van der Waals surface area contributed by atoms with Crippen molar-refractivity contribution in [2.75, 3.05) is 53.4 Å². The first-order chi connectivity index (χ1) is 13.9. The third kappa shape index (κ3) is 4.86. The molecular formula is C21H29FN4O3. The zero-order valence-corrected chi connectivity index (χ0v) is 17.1. The molecule has 0 atom stereocenters. The van der Waals surface area contributed by atoms with Gasteiger partial charge in [0.25, 0.3) is 5.91 Å². The molecule has 29 heavy (non-hydrogen) atoms. The van der Waals surface area contributed by atoms with Crippen LogP contribution < -0.4 is 0 Å². The smallest absolute Gasteiger partial charge is 0.319 e. The van der Waals surface area contributed by atoms with Gasteiger partial charge in [0, 0.05) is 59.3 Å². The van der Waals surface area contributed by atoms with Gasteiger partial charge in [-0.2, -0.15) is 0 Å². The van der Waals surface area contributed by atoms with Crippen LogP contribution in [0.3, 0.4) is 0 Å². The van der Waals surface area contributed by atoms with E-state index in [0.29, 0.717) is 58.5 Å². The Morgan fingerprint density at radius 2 is 1.52 bits per heavy atom. The minimum absolute atomic E-state index is 0.0204. The number of hydrogen-bond acceptors (Lipinski definition) is 3. The Balaban J connectivity index is 1.54. The van der Waals surface area contributed by atoms with Gasteiger partial charge >= 0.3 is 6.03 Å². The summed E-state index contributed by atoms with van der Waals surface area (Å²) >= 11 is 0. The molecule has 7 nitrogen and oxygen atoms in total. The van der Waals surface area contributed by atoms with Gasteiger partial charge < -0.3 is 19.6 Å². The highest BCUT2D eigenvalue weighted by molar-refractivity contribution is 5.94. The summed E-state index contributed by atoms with van der Waals surface area (Å²) in [6.45, 7) is 3.12. The topological polar surface area (TPSA) is 64.2 Å². The lowest BCUT2D eigenvalue weighted by molar-refractivity contribution is -0.136. The number of rotatable bonds is 2. The number of hydrogen-bond donors (Lipinski definition) is 0. The van der Waals surface area contributed by atoms with E-state index in [1.54, 1.807) is 40.9 Å². The highest BCUT2D eigenvalue weighted by atomic mass is 19.1. The molecule has 2 fully saturated rings. The molecule has 0 bridgehead atoms. The second-order valence-electron chi connectivity index (χ2n) is 7.89. The Labute approximate surface area is 171 Å². The van der Waals surface area contributed by atoms with Gasteiger partial charge in [-0.3, -0.25) is 9.59 Å². The van der Waals surface area contributed by atoms with Gasteiger partial charge in [-0.1, -0.05) is 12.1 Å². The first-order valence-electron chi connectivity index (χ1n) is 10.2. The lowest BCUT2D eigenvalue weighted by Crippen LogP contribution is -2.47. The molecule has 1 aromatic carbocycles. The number of likely N-dealkylation sites (tertiary alicyclic amines) is 1. The predicted octanol–water partition coefficient (Wildman–Crippen LogP) is 1.89. The fourth-order valence-electron chi connectivity index (χ4n) is 4.00. The molecule has 0 radical (unpaired) electrons. The van der Waals surface area contributed by atoms with E-state index >= 15 is 0 Å². The second kappa shape index (κ2) is 9.24. The Bertz CT molecular complexity index is 762. The number of benzene rings is 1. The summed E-state index contributed by atoms with van der Waals surface area (Å²) in [5.41, 5.74) is 0.0743. The average molecular weight is 404 g/mol. The first-order valence-corrected chi connectivity index (χ1v) is 10.2. The molecule has 8 heteroatoms. The normalized spacial score (nSPS) is 18.4. The van der Waals surface area contributed by atoms with Gasteiger partial charge in [0.15, 0.2) is 0 Å². The summed E-state index contributed by atoms with van der Waals surface area (Å²) in [6.07, 6.45) is 1.99. The fourth-order valence-corrected chi connectivity index (χ4v) is 4.00. The third-order valence-electron chi connectivity index (χ3n) is 5.70. The van der Waals surface area contributed by atoms with Crippen LogP contribution in [0.1, 0.15) is 29.6 Å². The molecule has 0 unspecified atom stereocenters. The molecule has 0 N–H and O–H groups in total. The van der Waals surface area contributed by atoms with Gasteiger partial charge in [-0.05, 0) is 31.4 Å². The summed E-state index contributed by atoms with van der Waals surface area (Å²) in [6, 6.07) is 5.97. The summed E-state index contributed by atoms with van der Waals surface area (Å²) in [4.78, 5) is 44.5. The number of halogens is 1. The summed E-state index contributed by atoms with van der Waals surface area (Å²) in [5.74, 6) is -0.834. The molecular weight excluding hydrogens is 375 g/mol. The third-order valence-corrected chi connectivity index (χ3v) is 5.70. The highest BCUT2D eigenvalue weighted by Crippen LogP contribution is 2.22. The monoisotopic (exact) mass is 404 g/mol. The van der Waals surface area contributed by atoms with Crippen molar-refractivity contribution in [2.45, 2.75) is 19.3 Å². The van der Waals surface area contributed by atoms with E-state index in [9.17, 15) is 18.8 Å². The number of nitrogens with zero attached hydrogens (tertiary/aromatic N) is 4. The van der Waals surface area contributed by atoms with Crippen molar-refractivity contribution in [3.8, 4) is 0 Å². The molecule has 2 aliphatic heterocycles. The summed E-state index contributed by atoms with van der Waals surface area (Å²) in [5, 5.41) is 0. The number of carbonyl (C=O) groups excluding carboxylic acids is 3. The van der Waals surface area contributed by atoms with Gasteiger partial charge in [-0.15, -0.1) is 0 Å². The van der Waals surface area contributed by atoms with Crippen LogP contribution in [0.5, 0.6) is 0 Å². The van der Waals surface area contributed by atoms with Crippen LogP contribution >= 0.6 is 0 Å². The van der Waals surface area contributed by atoms with Gasteiger partial charge in [0.05, 0.1) is 5.56 Å². The molecule has 0 spiro atoms. The molecule has 2 heterocycles. The summed E-state index contributed by atoms with van der Waals surface area (Å²) < 4.78 is 13.9. The van der Waals surface area contributed by atoms with Gasteiger partial charge in [-0.25, -0.2) is 9.18 Å². The zero-order valence-electron chi connectivity index (χ0n) is 17.1. The van der Waals surface area contributed by atoms with E-state index in [2.05, 4.69) is 0 Å². The Morgan fingerprint density at radius 1 is 0.897 bits per heavy atom. The number of carbonyl (C=O) groups is 3. The maximum absolute atomic E-state index is 13.9. The van der Waals surface area contributed by atoms with Crippen LogP contribution in [0.25, 0.3) is 0 Å². The fraction of sp³-hybridized carbons (Fsp3) is 0.571. The molecule has 2 aliphatic rings. The molecule has 158 valence electrons. The number of urea groups is 1. The largest absolute Gasteiger partial charge is 0.341 e. The van der Waals surface area contributed by atoms with Crippen molar-refractivity contribution in [3.63, 3.8) is 0 Å². The highest BCUT2D eigenvalue weighted by Gasteiger charge is 2.32. The lowest BCUT2D eigenvalue weighted by Gasteiger charge is -2.35. The molecule has 2 saturated heterocycles. The maximum atomic E-state index is 13.9. The first kappa shape index (κ1) is 21.1. The van der Waals surface area contributed by atoms with Crippen molar-refractivity contribution in [1.82, 2.24) is 19.6 Å². The Kier molecular flexibility index (Phi) is 6.71. The maximum Gasteiger partial charge on any atom is 0.319 e. The van der Waals surface area contributed by atoms with E-state index in [1.807, 2.05) is 4.90 Å². The SMILES string of the molecule is CN(C)C(=O)N1CCC(C(=O)N2CCCN(C(=O)c3ccccc3F)CC2)CC1. The standard InChI is InChI=1S/C21H29FN4O3/c1-23(2)21(29)26-12-8-16(9-13-26)19(27)24-10-5-11-25(15-14-24)20(28)17-6-3-4-7-18(17)22/h3-4,6-7,16H,5,8-15H2,1-2H3. The minimum Gasteiger partial charge on any atom is -0.341 e. The quantitative estimate of drug-likeness (QED) is 0.756. The van der Waals surface area contributed by atoms with Crippen LogP contribution in [-0.2, 0) is 4.79 Å².